The molecule has 160 valence electrons. The second-order valence-electron chi connectivity index (χ2n) is 6.79. The van der Waals surface area contributed by atoms with Crippen molar-refractivity contribution < 1.29 is 24.1 Å². The van der Waals surface area contributed by atoms with Gasteiger partial charge in [0.1, 0.15) is 0 Å². The van der Waals surface area contributed by atoms with E-state index < -0.39 is 12.0 Å². The molecule has 0 bridgehead atoms. The molecule has 8 nitrogen and oxygen atoms in total. The number of carbonyl (C=O) groups is 1. The Bertz CT molecular complexity index is 1150. The van der Waals surface area contributed by atoms with Gasteiger partial charge in [-0.25, -0.2) is 9.88 Å². The topological polar surface area (TPSA) is 91.5 Å². The fourth-order valence-electron chi connectivity index (χ4n) is 3.87. The van der Waals surface area contributed by atoms with E-state index >= 15 is 0 Å². The second-order valence-corrected chi connectivity index (χ2v) is 7.56. The van der Waals surface area contributed by atoms with Crippen molar-refractivity contribution >= 4 is 23.4 Å². The van der Waals surface area contributed by atoms with Crippen molar-refractivity contribution in [1.82, 2.24) is 10.1 Å². The maximum absolute atomic E-state index is 13.0. The molecule has 1 aromatic heterocycles. The van der Waals surface area contributed by atoms with Crippen LogP contribution in [0.5, 0.6) is 17.4 Å². The summed E-state index contributed by atoms with van der Waals surface area (Å²) in [5.74, 6) is 0.430. The lowest BCUT2D eigenvalue weighted by atomic mass is 10.0. The van der Waals surface area contributed by atoms with Gasteiger partial charge in [0.25, 0.3) is 17.0 Å². The summed E-state index contributed by atoms with van der Waals surface area (Å²) in [5, 5.41) is 18.0. The Morgan fingerprint density at radius 1 is 1.26 bits per heavy atom. The summed E-state index contributed by atoms with van der Waals surface area (Å²) in [5.41, 5.74) is 2.18. The van der Waals surface area contributed by atoms with Crippen LogP contribution in [-0.2, 0) is 4.79 Å². The summed E-state index contributed by atoms with van der Waals surface area (Å²) < 4.78 is 13.0. The SMILES string of the molecule is CCOc1cccc(C2N(C(C)=O)c3ccccc3-c3c([O-])nc(SC)n[n+]32)c1OC. The molecule has 1 atom stereocenters. The lowest BCUT2D eigenvalue weighted by Crippen LogP contribution is -2.58. The number of rotatable bonds is 5. The first-order valence-corrected chi connectivity index (χ1v) is 11.0. The number of para-hydroxylation sites is 2. The Labute approximate surface area is 184 Å². The van der Waals surface area contributed by atoms with Crippen LogP contribution in [0.1, 0.15) is 25.6 Å². The van der Waals surface area contributed by atoms with E-state index in [-0.39, 0.29) is 5.91 Å². The summed E-state index contributed by atoms with van der Waals surface area (Å²) in [4.78, 5) is 18.6. The molecular formula is C22H22N4O4S. The van der Waals surface area contributed by atoms with E-state index in [0.29, 0.717) is 45.8 Å². The number of hydrogen-bond acceptors (Lipinski definition) is 7. The first-order valence-electron chi connectivity index (χ1n) is 9.75. The van der Waals surface area contributed by atoms with Crippen LogP contribution in [-0.4, -0.2) is 36.0 Å². The van der Waals surface area contributed by atoms with E-state index in [9.17, 15) is 9.90 Å². The molecule has 31 heavy (non-hydrogen) atoms. The van der Waals surface area contributed by atoms with Crippen LogP contribution < -0.4 is 24.2 Å². The van der Waals surface area contributed by atoms with E-state index in [4.69, 9.17) is 9.47 Å². The summed E-state index contributed by atoms with van der Waals surface area (Å²) in [6.07, 6.45) is 1.05. The molecule has 9 heteroatoms. The van der Waals surface area contributed by atoms with Crippen LogP contribution in [0, 0.1) is 0 Å². The van der Waals surface area contributed by atoms with Gasteiger partial charge in [-0.05, 0) is 37.4 Å². The summed E-state index contributed by atoms with van der Waals surface area (Å²) in [6.45, 7) is 3.83. The smallest absolute Gasteiger partial charge is 0.296 e. The third-order valence-corrected chi connectivity index (χ3v) is 5.57. The van der Waals surface area contributed by atoms with E-state index in [1.165, 1.54) is 18.7 Å². The molecule has 1 aliphatic rings. The number of nitrogens with zero attached hydrogens (tertiary/aromatic N) is 4. The van der Waals surface area contributed by atoms with E-state index in [0.717, 1.165) is 0 Å². The summed E-state index contributed by atoms with van der Waals surface area (Å²) in [7, 11) is 1.55. The highest BCUT2D eigenvalue weighted by atomic mass is 32.2. The number of fused-ring (bicyclic) bond motifs is 3. The normalized spacial score (nSPS) is 14.6. The van der Waals surface area contributed by atoms with Crippen molar-refractivity contribution in [3.8, 4) is 28.6 Å². The second kappa shape index (κ2) is 8.43. The highest BCUT2D eigenvalue weighted by Gasteiger charge is 2.45. The molecule has 0 N–H and O–H groups in total. The first-order chi connectivity index (χ1) is 15.0. The molecule has 0 aliphatic carbocycles. The van der Waals surface area contributed by atoms with E-state index in [1.54, 1.807) is 35.1 Å². The van der Waals surface area contributed by atoms with Crippen molar-refractivity contribution in [2.24, 2.45) is 0 Å². The fourth-order valence-corrected chi connectivity index (χ4v) is 4.21. The van der Waals surface area contributed by atoms with Crippen LogP contribution in [0.4, 0.5) is 5.69 Å². The van der Waals surface area contributed by atoms with Crippen LogP contribution in [0.2, 0.25) is 0 Å². The molecule has 1 aliphatic heterocycles. The summed E-state index contributed by atoms with van der Waals surface area (Å²) in [6, 6.07) is 12.7. The molecule has 2 aromatic carbocycles. The number of carbonyl (C=O) groups excluding carboxylic acids is 1. The molecule has 0 saturated heterocycles. The molecule has 0 saturated carbocycles. The number of hydrogen-bond donors (Lipinski definition) is 0. The molecule has 1 amide bonds. The van der Waals surface area contributed by atoms with Crippen molar-refractivity contribution in [2.45, 2.75) is 25.2 Å². The van der Waals surface area contributed by atoms with Gasteiger partial charge in [-0.3, -0.25) is 4.79 Å². The summed E-state index contributed by atoms with van der Waals surface area (Å²) >= 11 is 1.26. The van der Waals surface area contributed by atoms with Gasteiger partial charge in [0.15, 0.2) is 11.5 Å². The van der Waals surface area contributed by atoms with Gasteiger partial charge < -0.3 is 14.6 Å². The molecule has 3 aromatic rings. The molecule has 4 rings (SSSR count). The Kier molecular flexibility index (Phi) is 5.69. The Hall–Kier alpha value is -3.33. The van der Waals surface area contributed by atoms with Crippen LogP contribution in [0.15, 0.2) is 47.6 Å². The van der Waals surface area contributed by atoms with Gasteiger partial charge >= 0.3 is 0 Å². The van der Waals surface area contributed by atoms with Gasteiger partial charge in [-0.1, -0.05) is 34.6 Å². The number of amides is 1. The maximum atomic E-state index is 13.0. The number of ether oxygens (including phenoxy) is 2. The van der Waals surface area contributed by atoms with Crippen LogP contribution in [0.3, 0.4) is 0 Å². The third-order valence-electron chi connectivity index (χ3n) is 5.03. The first kappa shape index (κ1) is 20.9. The molecule has 0 spiro atoms. The zero-order valence-electron chi connectivity index (χ0n) is 17.7. The molecule has 1 unspecified atom stereocenters. The average molecular weight is 439 g/mol. The zero-order chi connectivity index (χ0) is 22.1. The largest absolute Gasteiger partial charge is 0.854 e. The zero-order valence-corrected chi connectivity index (χ0v) is 18.5. The molecular weight excluding hydrogens is 416 g/mol. The van der Waals surface area contributed by atoms with Gasteiger partial charge in [-0.15, -0.1) is 0 Å². The molecule has 2 heterocycles. The number of methoxy groups -OCH3 is 1. The fraction of sp³-hybridized carbons (Fsp3) is 0.273. The number of benzene rings is 2. The van der Waals surface area contributed by atoms with E-state index in [2.05, 4.69) is 10.1 Å². The van der Waals surface area contributed by atoms with Crippen LogP contribution >= 0.6 is 11.8 Å². The quantitative estimate of drug-likeness (QED) is 0.447. The standard InChI is InChI=1S/C22H22N4O4S/c1-5-30-17-12-8-10-15(19(17)29-3)21-25(13(2)27)16-11-7-6-9-14(16)18-20(28)23-22(31-4)24-26(18)21/h6-12,21H,5H2,1-4H3. The highest BCUT2D eigenvalue weighted by molar-refractivity contribution is 7.98. The Balaban J connectivity index is 2.08. The van der Waals surface area contributed by atoms with Gasteiger partial charge in [0.05, 0.1) is 36.4 Å². The number of anilines is 1. The Morgan fingerprint density at radius 3 is 2.71 bits per heavy atom. The third kappa shape index (κ3) is 3.44. The Morgan fingerprint density at radius 2 is 2.03 bits per heavy atom. The van der Waals surface area contributed by atoms with E-state index in [1.807, 2.05) is 37.3 Å². The lowest BCUT2D eigenvalue weighted by Gasteiger charge is -2.33. The molecule has 0 radical (unpaired) electrons. The predicted octanol–water partition coefficient (Wildman–Crippen LogP) is 2.55. The number of aromatic nitrogens is 3. The van der Waals surface area contributed by atoms with Crippen molar-refractivity contribution in [2.75, 3.05) is 24.9 Å². The minimum atomic E-state index is -0.751. The van der Waals surface area contributed by atoms with Crippen molar-refractivity contribution in [3.63, 3.8) is 0 Å². The van der Waals surface area contributed by atoms with Gasteiger partial charge in [-0.2, -0.15) is 0 Å². The van der Waals surface area contributed by atoms with Crippen LogP contribution in [0.25, 0.3) is 11.3 Å². The monoisotopic (exact) mass is 438 g/mol. The molecule has 0 fully saturated rings. The van der Waals surface area contributed by atoms with Gasteiger partial charge in [0.2, 0.25) is 5.91 Å². The lowest BCUT2D eigenvalue weighted by molar-refractivity contribution is -0.764. The average Bonchev–Trinajstić information content (AvgIpc) is 2.77. The minimum absolute atomic E-state index is 0.198. The minimum Gasteiger partial charge on any atom is -0.854 e. The van der Waals surface area contributed by atoms with Crippen molar-refractivity contribution in [1.29, 1.82) is 0 Å². The van der Waals surface area contributed by atoms with Gasteiger partial charge in [0, 0.05) is 12.0 Å². The van der Waals surface area contributed by atoms with Crippen molar-refractivity contribution in [3.05, 3.63) is 48.0 Å². The highest BCUT2D eigenvalue weighted by Crippen LogP contribution is 2.44. The number of thioether (sulfide) groups is 1. The predicted molar refractivity (Wildman–Crippen MR) is 114 cm³/mol. The maximum Gasteiger partial charge on any atom is 0.296 e.